The number of para-hydroxylation sites is 2. The number of H-pyrrole nitrogens is 1. The standard InChI is InChI=1S/C15H15N3O3/c1-2-5-14(20)21-9-13(19)10(8-16)15-17-11-6-3-4-7-12(11)18-15/h3-4,6-7,19H,2,5,9H2,1H3,(H,17,18)/b13-10-. The molecular weight excluding hydrogens is 270 g/mol. The minimum Gasteiger partial charge on any atom is -0.507 e. The summed E-state index contributed by atoms with van der Waals surface area (Å²) in [6, 6.07) is 9.16. The molecule has 0 aliphatic heterocycles. The van der Waals surface area contributed by atoms with Crippen molar-refractivity contribution in [3.63, 3.8) is 0 Å². The van der Waals surface area contributed by atoms with E-state index in [1.54, 1.807) is 6.07 Å². The smallest absolute Gasteiger partial charge is 0.306 e. The van der Waals surface area contributed by atoms with Crippen molar-refractivity contribution in [2.45, 2.75) is 19.8 Å². The maximum atomic E-state index is 11.3. The third kappa shape index (κ3) is 3.39. The molecule has 0 spiro atoms. The van der Waals surface area contributed by atoms with E-state index in [0.717, 1.165) is 5.52 Å². The first kappa shape index (κ1) is 14.6. The fourth-order valence-electron chi connectivity index (χ4n) is 1.82. The van der Waals surface area contributed by atoms with E-state index in [4.69, 9.17) is 4.74 Å². The van der Waals surface area contributed by atoms with Gasteiger partial charge in [0.25, 0.3) is 0 Å². The predicted octanol–water partition coefficient (Wildman–Crippen LogP) is 2.70. The SMILES string of the molecule is CCCC(=O)OC/C(O)=C(\C#N)c1nc2ccccc2[nH]1. The van der Waals surface area contributed by atoms with Crippen LogP contribution in [-0.4, -0.2) is 27.7 Å². The van der Waals surface area contributed by atoms with Gasteiger partial charge in [0.15, 0.2) is 11.6 Å². The van der Waals surface area contributed by atoms with Crippen LogP contribution in [0.25, 0.3) is 16.6 Å². The molecule has 108 valence electrons. The van der Waals surface area contributed by atoms with Crippen molar-refractivity contribution in [3.8, 4) is 6.07 Å². The van der Waals surface area contributed by atoms with Gasteiger partial charge in [-0.2, -0.15) is 5.26 Å². The van der Waals surface area contributed by atoms with E-state index in [1.165, 1.54) is 0 Å². The molecule has 1 aromatic heterocycles. The number of benzene rings is 1. The lowest BCUT2D eigenvalue weighted by Gasteiger charge is -2.04. The van der Waals surface area contributed by atoms with Crippen molar-refractivity contribution < 1.29 is 14.6 Å². The Morgan fingerprint density at radius 2 is 2.24 bits per heavy atom. The zero-order chi connectivity index (χ0) is 15.2. The summed E-state index contributed by atoms with van der Waals surface area (Å²) in [6.45, 7) is 1.52. The average molecular weight is 285 g/mol. The van der Waals surface area contributed by atoms with Gasteiger partial charge in [0, 0.05) is 6.42 Å². The summed E-state index contributed by atoms with van der Waals surface area (Å²) < 4.78 is 4.88. The topological polar surface area (TPSA) is 99.0 Å². The van der Waals surface area contributed by atoms with Crippen LogP contribution in [0.3, 0.4) is 0 Å². The maximum Gasteiger partial charge on any atom is 0.306 e. The van der Waals surface area contributed by atoms with E-state index in [1.807, 2.05) is 31.2 Å². The Bertz CT molecular complexity index is 692. The fourth-order valence-corrected chi connectivity index (χ4v) is 1.82. The molecule has 0 radical (unpaired) electrons. The van der Waals surface area contributed by atoms with Gasteiger partial charge < -0.3 is 14.8 Å². The molecule has 1 heterocycles. The molecule has 2 N–H and O–H groups in total. The Labute approximate surface area is 121 Å². The monoisotopic (exact) mass is 285 g/mol. The van der Waals surface area contributed by atoms with Crippen LogP contribution in [0.15, 0.2) is 30.0 Å². The number of fused-ring (bicyclic) bond motifs is 1. The van der Waals surface area contributed by atoms with E-state index in [-0.39, 0.29) is 30.2 Å². The van der Waals surface area contributed by atoms with Crippen LogP contribution in [0.2, 0.25) is 0 Å². The number of nitrogens with one attached hydrogen (secondary N) is 1. The first-order valence-corrected chi connectivity index (χ1v) is 6.58. The summed E-state index contributed by atoms with van der Waals surface area (Å²) in [4.78, 5) is 18.5. The van der Waals surface area contributed by atoms with Crippen molar-refractivity contribution in [1.82, 2.24) is 9.97 Å². The van der Waals surface area contributed by atoms with Crippen LogP contribution in [-0.2, 0) is 9.53 Å². The number of hydrogen-bond donors (Lipinski definition) is 2. The Hall–Kier alpha value is -2.81. The lowest BCUT2D eigenvalue weighted by Crippen LogP contribution is -2.08. The summed E-state index contributed by atoms with van der Waals surface area (Å²) in [7, 11) is 0. The zero-order valence-corrected chi connectivity index (χ0v) is 11.6. The average Bonchev–Trinajstić information content (AvgIpc) is 2.89. The van der Waals surface area contributed by atoms with Gasteiger partial charge in [-0.3, -0.25) is 4.79 Å². The molecule has 0 amide bonds. The predicted molar refractivity (Wildman–Crippen MR) is 77.1 cm³/mol. The van der Waals surface area contributed by atoms with Crippen LogP contribution in [0.5, 0.6) is 0 Å². The number of hydrogen-bond acceptors (Lipinski definition) is 5. The molecule has 0 aliphatic rings. The fraction of sp³-hybridized carbons (Fsp3) is 0.267. The number of imidazole rings is 1. The second kappa shape index (κ2) is 6.57. The van der Waals surface area contributed by atoms with E-state index in [0.29, 0.717) is 11.9 Å². The first-order chi connectivity index (χ1) is 10.2. The highest BCUT2D eigenvalue weighted by molar-refractivity contribution is 5.82. The number of ether oxygens (including phenoxy) is 1. The number of esters is 1. The van der Waals surface area contributed by atoms with Crippen molar-refractivity contribution in [1.29, 1.82) is 5.26 Å². The van der Waals surface area contributed by atoms with Gasteiger partial charge in [-0.05, 0) is 18.6 Å². The Morgan fingerprint density at radius 1 is 1.48 bits per heavy atom. The number of nitrogens with zero attached hydrogens (tertiary/aromatic N) is 2. The third-order valence-corrected chi connectivity index (χ3v) is 2.85. The van der Waals surface area contributed by atoms with Gasteiger partial charge >= 0.3 is 5.97 Å². The molecule has 2 rings (SSSR count). The minimum atomic E-state index is -0.411. The lowest BCUT2D eigenvalue weighted by molar-refractivity contribution is -0.143. The Balaban J connectivity index is 2.23. The van der Waals surface area contributed by atoms with Gasteiger partial charge in [-0.25, -0.2) is 4.98 Å². The normalized spacial score (nSPS) is 11.8. The summed E-state index contributed by atoms with van der Waals surface area (Å²) in [5.41, 5.74) is 1.42. The van der Waals surface area contributed by atoms with Gasteiger partial charge in [0.05, 0.1) is 11.0 Å². The molecule has 6 nitrogen and oxygen atoms in total. The minimum absolute atomic E-state index is 0.0319. The summed E-state index contributed by atoms with van der Waals surface area (Å²) in [5.74, 6) is -0.477. The summed E-state index contributed by atoms with van der Waals surface area (Å²) in [6.07, 6.45) is 0.942. The number of carbonyl (C=O) groups excluding carboxylic acids is 1. The molecule has 21 heavy (non-hydrogen) atoms. The molecular formula is C15H15N3O3. The number of carbonyl (C=O) groups is 1. The molecule has 0 bridgehead atoms. The zero-order valence-electron chi connectivity index (χ0n) is 11.6. The van der Waals surface area contributed by atoms with E-state index in [2.05, 4.69) is 9.97 Å². The number of aliphatic hydroxyl groups excluding tert-OH is 1. The second-order valence-corrected chi connectivity index (χ2v) is 4.45. The van der Waals surface area contributed by atoms with Gasteiger partial charge in [-0.1, -0.05) is 19.1 Å². The highest BCUT2D eigenvalue weighted by Gasteiger charge is 2.14. The number of aliphatic hydroxyl groups is 1. The van der Waals surface area contributed by atoms with Gasteiger partial charge in [0.1, 0.15) is 18.2 Å². The van der Waals surface area contributed by atoms with Crippen LogP contribution in [0, 0.1) is 11.3 Å². The molecule has 0 unspecified atom stereocenters. The quantitative estimate of drug-likeness (QED) is 0.500. The van der Waals surface area contributed by atoms with E-state index < -0.39 is 5.97 Å². The first-order valence-electron chi connectivity index (χ1n) is 6.58. The van der Waals surface area contributed by atoms with Crippen LogP contribution in [0.1, 0.15) is 25.6 Å². The number of allylic oxidation sites excluding steroid dienone is 1. The van der Waals surface area contributed by atoms with Crippen LogP contribution < -0.4 is 0 Å². The summed E-state index contributed by atoms with van der Waals surface area (Å²) in [5, 5.41) is 19.1. The Morgan fingerprint density at radius 3 is 2.90 bits per heavy atom. The van der Waals surface area contributed by atoms with Gasteiger partial charge in [0.2, 0.25) is 0 Å². The molecule has 1 aromatic carbocycles. The number of aromatic nitrogens is 2. The highest BCUT2D eigenvalue weighted by Crippen LogP contribution is 2.18. The van der Waals surface area contributed by atoms with Crippen LogP contribution >= 0.6 is 0 Å². The molecule has 2 aromatic rings. The van der Waals surface area contributed by atoms with Crippen molar-refractivity contribution in [2.24, 2.45) is 0 Å². The summed E-state index contributed by atoms with van der Waals surface area (Å²) >= 11 is 0. The second-order valence-electron chi connectivity index (χ2n) is 4.45. The molecule has 0 aliphatic carbocycles. The van der Waals surface area contributed by atoms with Crippen molar-refractivity contribution in [2.75, 3.05) is 6.61 Å². The van der Waals surface area contributed by atoms with Crippen molar-refractivity contribution in [3.05, 3.63) is 35.8 Å². The number of rotatable bonds is 5. The molecule has 0 saturated carbocycles. The van der Waals surface area contributed by atoms with E-state index >= 15 is 0 Å². The number of aromatic amines is 1. The third-order valence-electron chi connectivity index (χ3n) is 2.85. The Kier molecular flexibility index (Phi) is 4.57. The van der Waals surface area contributed by atoms with Crippen LogP contribution in [0.4, 0.5) is 0 Å². The number of nitriles is 1. The maximum absolute atomic E-state index is 11.3. The van der Waals surface area contributed by atoms with Crippen molar-refractivity contribution >= 4 is 22.6 Å². The largest absolute Gasteiger partial charge is 0.507 e. The molecule has 6 heteroatoms. The molecule has 0 fully saturated rings. The van der Waals surface area contributed by atoms with E-state index in [9.17, 15) is 15.2 Å². The molecule has 0 saturated heterocycles. The molecule has 0 atom stereocenters. The van der Waals surface area contributed by atoms with Gasteiger partial charge in [-0.15, -0.1) is 0 Å². The lowest BCUT2D eigenvalue weighted by atomic mass is 10.2. The highest BCUT2D eigenvalue weighted by atomic mass is 16.5.